The molecule has 0 bridgehead atoms. The maximum absolute atomic E-state index is 13.1. The molecule has 1 aliphatic rings. The van der Waals surface area contributed by atoms with E-state index in [1.807, 2.05) is 13.8 Å². The minimum absolute atomic E-state index is 0.00987. The van der Waals surface area contributed by atoms with E-state index in [9.17, 15) is 14.7 Å². The molecule has 3 atom stereocenters. The van der Waals surface area contributed by atoms with Crippen molar-refractivity contribution in [3.63, 3.8) is 0 Å². The highest BCUT2D eigenvalue weighted by Crippen LogP contribution is 2.42. The smallest absolute Gasteiger partial charge is 0.413 e. The van der Waals surface area contributed by atoms with Crippen LogP contribution in [0.25, 0.3) is 0 Å². The summed E-state index contributed by atoms with van der Waals surface area (Å²) in [4.78, 5) is 27.0. The number of hydrogen-bond donors (Lipinski definition) is 1. The van der Waals surface area contributed by atoms with Gasteiger partial charge in [-0.15, -0.1) is 0 Å². The van der Waals surface area contributed by atoms with E-state index < -0.39 is 36.0 Å². The van der Waals surface area contributed by atoms with Crippen LogP contribution in [0, 0.1) is 5.92 Å². The molecule has 162 valence electrons. The van der Waals surface area contributed by atoms with Crippen molar-refractivity contribution in [1.29, 1.82) is 0 Å². The molecule has 1 aromatic carbocycles. The summed E-state index contributed by atoms with van der Waals surface area (Å²) in [5, 5.41) is 9.79. The molecule has 0 radical (unpaired) electrons. The Hall–Kier alpha value is -2.48. The van der Waals surface area contributed by atoms with Crippen LogP contribution in [0.15, 0.2) is 18.2 Å². The van der Waals surface area contributed by atoms with E-state index in [0.717, 1.165) is 0 Å². The van der Waals surface area contributed by atoms with Crippen LogP contribution in [0.2, 0.25) is 0 Å². The van der Waals surface area contributed by atoms with Crippen molar-refractivity contribution in [2.24, 2.45) is 5.92 Å². The normalized spacial score (nSPS) is 21.9. The van der Waals surface area contributed by atoms with Crippen LogP contribution in [-0.2, 0) is 19.0 Å². The van der Waals surface area contributed by atoms with E-state index in [2.05, 4.69) is 0 Å². The third kappa shape index (κ3) is 5.32. The zero-order chi connectivity index (χ0) is 21.9. The van der Waals surface area contributed by atoms with E-state index in [0.29, 0.717) is 17.7 Å². The fraction of sp³-hybridized carbons (Fsp3) is 0.619. The van der Waals surface area contributed by atoms with Crippen LogP contribution in [0.5, 0.6) is 11.5 Å². The van der Waals surface area contributed by atoms with Gasteiger partial charge < -0.3 is 24.1 Å². The van der Waals surface area contributed by atoms with Crippen LogP contribution in [-0.4, -0.2) is 54.0 Å². The topological polar surface area (TPSA) is 94.5 Å². The van der Waals surface area contributed by atoms with Crippen molar-refractivity contribution in [3.8, 4) is 11.5 Å². The Kier molecular flexibility index (Phi) is 7.00. The zero-order valence-electron chi connectivity index (χ0n) is 18.1. The van der Waals surface area contributed by atoms with Crippen molar-refractivity contribution in [1.82, 2.24) is 4.90 Å². The number of phenols is 1. The van der Waals surface area contributed by atoms with Gasteiger partial charge in [0.05, 0.1) is 20.3 Å². The predicted octanol–water partition coefficient (Wildman–Crippen LogP) is 3.62. The van der Waals surface area contributed by atoms with Crippen LogP contribution < -0.4 is 4.74 Å². The molecule has 8 heteroatoms. The molecule has 1 aliphatic heterocycles. The molecular formula is C21H31NO7. The molecule has 2 rings (SSSR count). The number of carbonyl (C=O) groups is 2. The summed E-state index contributed by atoms with van der Waals surface area (Å²) < 4.78 is 21.9. The van der Waals surface area contributed by atoms with Crippen molar-refractivity contribution in [2.45, 2.75) is 65.0 Å². The van der Waals surface area contributed by atoms with Crippen LogP contribution in [0.1, 0.15) is 52.8 Å². The highest BCUT2D eigenvalue weighted by Gasteiger charge is 2.51. The van der Waals surface area contributed by atoms with E-state index in [1.54, 1.807) is 26.8 Å². The van der Waals surface area contributed by atoms with Gasteiger partial charge in [0.15, 0.2) is 12.3 Å². The van der Waals surface area contributed by atoms with E-state index in [1.165, 1.54) is 31.3 Å². The van der Waals surface area contributed by atoms with E-state index in [-0.39, 0.29) is 11.7 Å². The molecule has 1 saturated heterocycles. The maximum Gasteiger partial charge on any atom is 0.413 e. The number of methoxy groups -OCH3 is 2. The summed E-state index contributed by atoms with van der Waals surface area (Å²) in [5.41, 5.74) is -0.233. The first-order chi connectivity index (χ1) is 13.5. The Morgan fingerprint density at radius 3 is 2.41 bits per heavy atom. The molecule has 0 saturated carbocycles. The highest BCUT2D eigenvalue weighted by atomic mass is 16.6. The van der Waals surface area contributed by atoms with Gasteiger partial charge in [-0.3, -0.25) is 4.90 Å². The molecule has 8 nitrogen and oxygen atoms in total. The minimum Gasteiger partial charge on any atom is -0.508 e. The summed E-state index contributed by atoms with van der Waals surface area (Å²) >= 11 is 0. The monoisotopic (exact) mass is 409 g/mol. The number of aromatic hydroxyl groups is 1. The molecule has 1 fully saturated rings. The van der Waals surface area contributed by atoms with Gasteiger partial charge in [-0.1, -0.05) is 13.8 Å². The predicted molar refractivity (Wildman–Crippen MR) is 106 cm³/mol. The van der Waals surface area contributed by atoms with Gasteiger partial charge in [-0.25, -0.2) is 9.59 Å². The lowest BCUT2D eigenvalue weighted by Gasteiger charge is -2.32. The van der Waals surface area contributed by atoms with Gasteiger partial charge >= 0.3 is 12.1 Å². The first-order valence-electron chi connectivity index (χ1n) is 9.60. The van der Waals surface area contributed by atoms with E-state index >= 15 is 0 Å². The molecule has 3 unspecified atom stereocenters. The molecule has 0 spiro atoms. The second-order valence-corrected chi connectivity index (χ2v) is 8.44. The van der Waals surface area contributed by atoms with Crippen molar-refractivity contribution in [2.75, 3.05) is 14.2 Å². The van der Waals surface area contributed by atoms with Gasteiger partial charge in [0, 0.05) is 11.6 Å². The highest BCUT2D eigenvalue weighted by molar-refractivity contribution is 5.78. The molecule has 0 aromatic heterocycles. The number of esters is 1. The van der Waals surface area contributed by atoms with Crippen LogP contribution in [0.3, 0.4) is 0 Å². The van der Waals surface area contributed by atoms with Gasteiger partial charge in [-0.05, 0) is 45.2 Å². The molecule has 29 heavy (non-hydrogen) atoms. The standard InChI is InChI=1S/C21H31NO7/c1-12(2)10-15-17(19(24)27-7)28-18(22(15)20(25)29-21(3,4)5)14-9-8-13(23)11-16(14)26-6/h8-9,11-12,15,17-18,23H,10H2,1-7H3. The number of carbonyl (C=O) groups excluding carboxylic acids is 2. The quantitative estimate of drug-likeness (QED) is 0.742. The summed E-state index contributed by atoms with van der Waals surface area (Å²) in [6, 6.07) is 3.91. The Labute approximate surface area is 171 Å². The number of amides is 1. The number of hydrogen-bond acceptors (Lipinski definition) is 7. The molecule has 1 heterocycles. The van der Waals surface area contributed by atoms with Gasteiger partial charge in [-0.2, -0.15) is 0 Å². The molecule has 1 amide bonds. The summed E-state index contributed by atoms with van der Waals surface area (Å²) in [5.74, 6) is -0.0429. The molecule has 0 aliphatic carbocycles. The Morgan fingerprint density at radius 1 is 1.24 bits per heavy atom. The third-order valence-electron chi connectivity index (χ3n) is 4.47. The second-order valence-electron chi connectivity index (χ2n) is 8.44. The summed E-state index contributed by atoms with van der Waals surface area (Å²) in [6.07, 6.45) is -2.00. The third-order valence-corrected chi connectivity index (χ3v) is 4.47. The Morgan fingerprint density at radius 2 is 1.90 bits per heavy atom. The number of ether oxygens (including phenoxy) is 4. The first kappa shape index (κ1) is 22.8. The lowest BCUT2D eigenvalue weighted by atomic mass is 9.98. The Bertz CT molecular complexity index is 741. The number of nitrogens with zero attached hydrogens (tertiary/aromatic N) is 1. The number of rotatable bonds is 5. The van der Waals surface area contributed by atoms with Crippen molar-refractivity contribution >= 4 is 12.1 Å². The first-order valence-corrected chi connectivity index (χ1v) is 9.60. The lowest BCUT2D eigenvalue weighted by Crippen LogP contribution is -2.46. The fourth-order valence-electron chi connectivity index (χ4n) is 3.34. The van der Waals surface area contributed by atoms with Gasteiger partial charge in [0.25, 0.3) is 0 Å². The molecular weight excluding hydrogens is 378 g/mol. The minimum atomic E-state index is -0.974. The van der Waals surface area contributed by atoms with Crippen molar-refractivity contribution < 1.29 is 33.6 Å². The molecule has 1 N–H and O–H groups in total. The number of phenolic OH excluding ortho intramolecular Hbond substituents is 1. The van der Waals surface area contributed by atoms with Gasteiger partial charge in [0.1, 0.15) is 17.1 Å². The molecule has 1 aromatic rings. The Balaban J connectivity index is 2.56. The largest absolute Gasteiger partial charge is 0.508 e. The van der Waals surface area contributed by atoms with Crippen molar-refractivity contribution in [3.05, 3.63) is 23.8 Å². The maximum atomic E-state index is 13.1. The summed E-state index contributed by atoms with van der Waals surface area (Å²) in [7, 11) is 2.73. The van der Waals surface area contributed by atoms with Crippen LogP contribution in [0.4, 0.5) is 4.79 Å². The van der Waals surface area contributed by atoms with Crippen LogP contribution >= 0.6 is 0 Å². The van der Waals surface area contributed by atoms with Gasteiger partial charge in [0.2, 0.25) is 0 Å². The average molecular weight is 409 g/mol. The summed E-state index contributed by atoms with van der Waals surface area (Å²) in [6.45, 7) is 9.31. The fourth-order valence-corrected chi connectivity index (χ4v) is 3.34. The lowest BCUT2D eigenvalue weighted by molar-refractivity contribution is -0.154. The SMILES string of the molecule is COC(=O)C1OC(c2ccc(O)cc2OC)N(C(=O)OC(C)(C)C)C1CC(C)C. The number of benzene rings is 1. The zero-order valence-corrected chi connectivity index (χ0v) is 18.1. The average Bonchev–Trinajstić information content (AvgIpc) is 2.97. The second kappa shape index (κ2) is 8.90. The van der Waals surface area contributed by atoms with E-state index in [4.69, 9.17) is 18.9 Å².